The van der Waals surface area contributed by atoms with Crippen LogP contribution in [0.3, 0.4) is 0 Å². The van der Waals surface area contributed by atoms with Gasteiger partial charge in [-0.3, -0.25) is 4.79 Å². The third-order valence-corrected chi connectivity index (χ3v) is 3.56. The van der Waals surface area contributed by atoms with Crippen LogP contribution in [0, 0.1) is 0 Å². The second-order valence-electron chi connectivity index (χ2n) is 4.51. The summed E-state index contributed by atoms with van der Waals surface area (Å²) in [6, 6.07) is 7.32. The number of unbranched alkanes of at least 4 members (excludes halogenated alkanes) is 2. The molecule has 0 bridgehead atoms. The SMILES string of the molecule is COc1ccc(NC(=O)CNCCCCCSC)cc1. The summed E-state index contributed by atoms with van der Waals surface area (Å²) in [5, 5.41) is 6.01. The molecule has 0 atom stereocenters. The van der Waals surface area contributed by atoms with Gasteiger partial charge in [-0.2, -0.15) is 11.8 Å². The molecule has 4 nitrogen and oxygen atoms in total. The third kappa shape index (κ3) is 7.40. The molecule has 2 N–H and O–H groups in total. The van der Waals surface area contributed by atoms with E-state index in [9.17, 15) is 4.79 Å². The molecule has 112 valence electrons. The predicted molar refractivity (Wildman–Crippen MR) is 86.7 cm³/mol. The number of carbonyl (C=O) groups is 1. The number of benzene rings is 1. The lowest BCUT2D eigenvalue weighted by molar-refractivity contribution is -0.115. The molecule has 0 aliphatic carbocycles. The summed E-state index contributed by atoms with van der Waals surface area (Å²) in [5.74, 6) is 1.99. The Morgan fingerprint density at radius 3 is 2.60 bits per heavy atom. The van der Waals surface area contributed by atoms with Gasteiger partial charge in [0.2, 0.25) is 5.91 Å². The predicted octanol–water partition coefficient (Wildman–Crippen LogP) is 2.76. The highest BCUT2D eigenvalue weighted by molar-refractivity contribution is 7.98. The number of anilines is 1. The molecule has 0 spiro atoms. The highest BCUT2D eigenvalue weighted by Crippen LogP contribution is 2.14. The first-order valence-electron chi connectivity index (χ1n) is 6.90. The lowest BCUT2D eigenvalue weighted by Gasteiger charge is -2.07. The zero-order valence-electron chi connectivity index (χ0n) is 12.3. The first-order valence-corrected chi connectivity index (χ1v) is 8.29. The Labute approximate surface area is 125 Å². The minimum Gasteiger partial charge on any atom is -0.497 e. The zero-order chi connectivity index (χ0) is 14.6. The Bertz CT molecular complexity index is 382. The Balaban J connectivity index is 2.10. The average Bonchev–Trinajstić information content (AvgIpc) is 2.47. The number of rotatable bonds is 10. The van der Waals surface area contributed by atoms with Crippen LogP contribution in [0.1, 0.15) is 19.3 Å². The van der Waals surface area contributed by atoms with E-state index in [4.69, 9.17) is 4.74 Å². The van der Waals surface area contributed by atoms with Gasteiger partial charge < -0.3 is 15.4 Å². The van der Waals surface area contributed by atoms with Gasteiger partial charge in [-0.05, 0) is 55.7 Å². The molecule has 5 heteroatoms. The van der Waals surface area contributed by atoms with Gasteiger partial charge in [0.15, 0.2) is 0 Å². The highest BCUT2D eigenvalue weighted by atomic mass is 32.2. The number of hydrogen-bond donors (Lipinski definition) is 2. The lowest BCUT2D eigenvalue weighted by Crippen LogP contribution is -2.28. The van der Waals surface area contributed by atoms with Crippen molar-refractivity contribution in [2.24, 2.45) is 0 Å². The van der Waals surface area contributed by atoms with E-state index in [0.717, 1.165) is 24.4 Å². The molecule has 20 heavy (non-hydrogen) atoms. The summed E-state index contributed by atoms with van der Waals surface area (Å²) >= 11 is 1.88. The lowest BCUT2D eigenvalue weighted by atomic mass is 10.2. The molecule has 0 aliphatic heterocycles. The smallest absolute Gasteiger partial charge is 0.238 e. The number of hydrogen-bond acceptors (Lipinski definition) is 4. The topological polar surface area (TPSA) is 50.4 Å². The largest absolute Gasteiger partial charge is 0.497 e. The molecule has 0 aromatic heterocycles. The molecule has 0 aliphatic rings. The Hall–Kier alpha value is -1.20. The van der Waals surface area contributed by atoms with Crippen LogP contribution in [-0.4, -0.2) is 38.1 Å². The second kappa shape index (κ2) is 10.6. The van der Waals surface area contributed by atoms with Crippen molar-refractivity contribution in [1.29, 1.82) is 0 Å². The summed E-state index contributed by atoms with van der Waals surface area (Å²) in [7, 11) is 1.62. The van der Waals surface area contributed by atoms with Crippen molar-refractivity contribution in [3.8, 4) is 5.75 Å². The maximum Gasteiger partial charge on any atom is 0.238 e. The summed E-state index contributed by atoms with van der Waals surface area (Å²) in [6.45, 7) is 1.25. The molecule has 1 aromatic carbocycles. The van der Waals surface area contributed by atoms with Crippen molar-refractivity contribution >= 4 is 23.4 Å². The second-order valence-corrected chi connectivity index (χ2v) is 5.49. The fraction of sp³-hybridized carbons (Fsp3) is 0.533. The molecular weight excluding hydrogens is 272 g/mol. The Kier molecular flexibility index (Phi) is 8.91. The van der Waals surface area contributed by atoms with E-state index < -0.39 is 0 Å². The van der Waals surface area contributed by atoms with Crippen LogP contribution >= 0.6 is 11.8 Å². The van der Waals surface area contributed by atoms with Crippen LogP contribution in [0.15, 0.2) is 24.3 Å². The molecule has 1 rings (SSSR count). The molecule has 0 saturated carbocycles. The van der Waals surface area contributed by atoms with Gasteiger partial charge in [0, 0.05) is 5.69 Å². The van der Waals surface area contributed by atoms with Crippen molar-refractivity contribution < 1.29 is 9.53 Å². The summed E-state index contributed by atoms with van der Waals surface area (Å²) in [6.07, 6.45) is 5.72. The van der Waals surface area contributed by atoms with E-state index >= 15 is 0 Å². The molecule has 0 saturated heterocycles. The Morgan fingerprint density at radius 2 is 1.95 bits per heavy atom. The molecule has 0 unspecified atom stereocenters. The van der Waals surface area contributed by atoms with Crippen molar-refractivity contribution in [3.05, 3.63) is 24.3 Å². The van der Waals surface area contributed by atoms with Gasteiger partial charge in [0.1, 0.15) is 5.75 Å². The van der Waals surface area contributed by atoms with E-state index in [2.05, 4.69) is 16.9 Å². The number of methoxy groups -OCH3 is 1. The van der Waals surface area contributed by atoms with Gasteiger partial charge in [0.05, 0.1) is 13.7 Å². The van der Waals surface area contributed by atoms with Crippen LogP contribution < -0.4 is 15.4 Å². The normalized spacial score (nSPS) is 10.3. The number of nitrogens with one attached hydrogen (secondary N) is 2. The standard InChI is InChI=1S/C15H24N2O2S/c1-19-14-8-6-13(7-9-14)17-15(18)12-16-10-4-3-5-11-20-2/h6-9,16H,3-5,10-12H2,1-2H3,(H,17,18). The van der Waals surface area contributed by atoms with Crippen molar-refractivity contribution in [2.45, 2.75) is 19.3 Å². The van der Waals surface area contributed by atoms with Crippen LogP contribution in [0.2, 0.25) is 0 Å². The maximum absolute atomic E-state index is 11.7. The fourth-order valence-electron chi connectivity index (χ4n) is 1.75. The van der Waals surface area contributed by atoms with Gasteiger partial charge in [0.25, 0.3) is 0 Å². The molecule has 0 fully saturated rings. The van der Waals surface area contributed by atoms with Crippen LogP contribution in [0.4, 0.5) is 5.69 Å². The van der Waals surface area contributed by atoms with Crippen LogP contribution in [0.25, 0.3) is 0 Å². The van der Waals surface area contributed by atoms with Gasteiger partial charge in [-0.15, -0.1) is 0 Å². The molecule has 1 aromatic rings. The summed E-state index contributed by atoms with van der Waals surface area (Å²) in [5.41, 5.74) is 0.789. The van der Waals surface area contributed by atoms with Crippen LogP contribution in [-0.2, 0) is 4.79 Å². The van der Waals surface area contributed by atoms with Crippen molar-refractivity contribution in [1.82, 2.24) is 5.32 Å². The fourth-order valence-corrected chi connectivity index (χ4v) is 2.25. The van der Waals surface area contributed by atoms with E-state index in [0.29, 0.717) is 6.54 Å². The minimum absolute atomic E-state index is 0.0146. The third-order valence-electron chi connectivity index (χ3n) is 2.86. The quantitative estimate of drug-likeness (QED) is 0.652. The first-order chi connectivity index (χ1) is 9.76. The van der Waals surface area contributed by atoms with Crippen LogP contribution in [0.5, 0.6) is 5.75 Å². The van der Waals surface area contributed by atoms with Gasteiger partial charge in [-0.25, -0.2) is 0 Å². The molecule has 1 amide bonds. The monoisotopic (exact) mass is 296 g/mol. The van der Waals surface area contributed by atoms with Crippen molar-refractivity contribution in [2.75, 3.05) is 37.5 Å². The van der Waals surface area contributed by atoms with Gasteiger partial charge >= 0.3 is 0 Å². The molecule has 0 heterocycles. The highest BCUT2D eigenvalue weighted by Gasteiger charge is 2.01. The van der Waals surface area contributed by atoms with E-state index in [1.165, 1.54) is 18.6 Å². The maximum atomic E-state index is 11.7. The number of thioether (sulfide) groups is 1. The van der Waals surface area contributed by atoms with E-state index in [1.54, 1.807) is 7.11 Å². The Morgan fingerprint density at radius 1 is 1.20 bits per heavy atom. The molecule has 0 radical (unpaired) electrons. The number of amides is 1. The van der Waals surface area contributed by atoms with Crippen molar-refractivity contribution in [3.63, 3.8) is 0 Å². The van der Waals surface area contributed by atoms with E-state index in [-0.39, 0.29) is 5.91 Å². The number of carbonyl (C=O) groups excluding carboxylic acids is 1. The molecular formula is C15H24N2O2S. The average molecular weight is 296 g/mol. The number of ether oxygens (including phenoxy) is 1. The zero-order valence-corrected chi connectivity index (χ0v) is 13.1. The van der Waals surface area contributed by atoms with E-state index in [1.807, 2.05) is 36.0 Å². The minimum atomic E-state index is -0.0146. The summed E-state index contributed by atoms with van der Waals surface area (Å²) < 4.78 is 5.07. The van der Waals surface area contributed by atoms with Gasteiger partial charge in [-0.1, -0.05) is 6.42 Å². The summed E-state index contributed by atoms with van der Waals surface area (Å²) in [4.78, 5) is 11.7. The first kappa shape index (κ1) is 16.9.